The van der Waals surface area contributed by atoms with Crippen LogP contribution in [0.4, 0.5) is 8.78 Å². The predicted octanol–water partition coefficient (Wildman–Crippen LogP) is 5.18. The summed E-state index contributed by atoms with van der Waals surface area (Å²) >= 11 is 1.29. The van der Waals surface area contributed by atoms with Crippen LogP contribution in [0.25, 0.3) is 21.3 Å². The van der Waals surface area contributed by atoms with Gasteiger partial charge in [0, 0.05) is 24.2 Å². The van der Waals surface area contributed by atoms with Gasteiger partial charge in [-0.05, 0) is 49.6 Å². The topological polar surface area (TPSA) is 75.2 Å². The molecule has 0 bridgehead atoms. The van der Waals surface area contributed by atoms with Gasteiger partial charge in [-0.2, -0.15) is 0 Å². The van der Waals surface area contributed by atoms with Gasteiger partial charge in [0.1, 0.15) is 17.7 Å². The van der Waals surface area contributed by atoms with E-state index in [9.17, 15) is 18.4 Å². The molecule has 2 amide bonds. The molecule has 2 unspecified atom stereocenters. The maximum atomic E-state index is 14.4. The second kappa shape index (κ2) is 10.1. The first-order chi connectivity index (χ1) is 17.4. The fourth-order valence-electron chi connectivity index (χ4n) is 4.57. The highest BCUT2D eigenvalue weighted by atomic mass is 32.1. The monoisotopic (exact) mass is 506 g/mol. The van der Waals surface area contributed by atoms with Crippen LogP contribution in [0.15, 0.2) is 60.8 Å². The maximum Gasteiger partial charge on any atom is 0.274 e. The lowest BCUT2D eigenvalue weighted by Crippen LogP contribution is -2.52. The van der Waals surface area contributed by atoms with E-state index >= 15 is 0 Å². The lowest BCUT2D eigenvalue weighted by atomic mass is 9.99. The number of rotatable bonds is 5. The summed E-state index contributed by atoms with van der Waals surface area (Å²) in [5.41, 5.74) is 1.75. The van der Waals surface area contributed by atoms with Gasteiger partial charge >= 0.3 is 0 Å². The molecule has 1 aliphatic rings. The van der Waals surface area contributed by atoms with Crippen molar-refractivity contribution in [1.82, 2.24) is 20.2 Å². The number of alkyl halides is 1. The highest BCUT2D eigenvalue weighted by Crippen LogP contribution is 2.33. The number of thiazole rings is 1. The normalized spacial score (nSPS) is 17.8. The molecule has 0 aliphatic carbocycles. The van der Waals surface area contributed by atoms with Gasteiger partial charge in [-0.15, -0.1) is 11.3 Å². The van der Waals surface area contributed by atoms with Crippen molar-refractivity contribution in [3.63, 3.8) is 0 Å². The fraction of sp³-hybridized carbons (Fsp3) is 0.259. The van der Waals surface area contributed by atoms with Crippen LogP contribution in [0, 0.1) is 12.7 Å². The van der Waals surface area contributed by atoms with Crippen molar-refractivity contribution in [2.24, 2.45) is 0 Å². The molecule has 0 saturated carbocycles. The highest BCUT2D eigenvalue weighted by molar-refractivity contribution is 7.15. The first-order valence-electron chi connectivity index (χ1n) is 11.7. The number of fused-ring (bicyclic) bond motifs is 1. The minimum Gasteiger partial charge on any atom is -0.350 e. The third-order valence-corrected chi connectivity index (χ3v) is 7.33. The van der Waals surface area contributed by atoms with E-state index < -0.39 is 23.9 Å². The Morgan fingerprint density at radius 1 is 1.14 bits per heavy atom. The molecule has 4 aromatic rings. The molecule has 0 radical (unpaired) electrons. The molecule has 36 heavy (non-hydrogen) atoms. The summed E-state index contributed by atoms with van der Waals surface area (Å²) in [6.45, 7) is 1.85. The summed E-state index contributed by atoms with van der Waals surface area (Å²) in [6.07, 6.45) is 1.17. The smallest absolute Gasteiger partial charge is 0.274 e. The Hall–Kier alpha value is -3.72. The third-order valence-electron chi connectivity index (χ3n) is 6.31. The van der Waals surface area contributed by atoms with Crippen molar-refractivity contribution in [3.05, 3.63) is 82.9 Å². The molecule has 2 aromatic carbocycles. The van der Waals surface area contributed by atoms with Gasteiger partial charge < -0.3 is 10.2 Å². The number of para-hydroxylation sites is 1. The van der Waals surface area contributed by atoms with E-state index in [0.29, 0.717) is 39.4 Å². The van der Waals surface area contributed by atoms with Crippen molar-refractivity contribution in [2.45, 2.75) is 32.0 Å². The Morgan fingerprint density at radius 2 is 1.94 bits per heavy atom. The number of amides is 2. The SMILES string of the molecule is Cc1nc(C(=O)N2CC(F)CCC2CNC(=O)c2cccc3cccnc23)c(-c2cccc(F)c2)s1. The van der Waals surface area contributed by atoms with E-state index in [-0.39, 0.29) is 24.7 Å². The van der Waals surface area contributed by atoms with Crippen LogP contribution in [0.5, 0.6) is 0 Å². The number of piperidine rings is 1. The van der Waals surface area contributed by atoms with Crippen molar-refractivity contribution >= 4 is 34.1 Å². The molecule has 5 rings (SSSR count). The molecule has 184 valence electrons. The number of carbonyl (C=O) groups excluding carboxylic acids is 2. The number of aryl methyl sites for hydroxylation is 1. The van der Waals surface area contributed by atoms with Gasteiger partial charge in [0.05, 0.1) is 27.5 Å². The molecular formula is C27H24F2N4O2S. The molecule has 6 nitrogen and oxygen atoms in total. The number of nitrogens with one attached hydrogen (secondary N) is 1. The number of pyridine rings is 1. The number of hydrogen-bond donors (Lipinski definition) is 1. The zero-order chi connectivity index (χ0) is 25.2. The predicted molar refractivity (Wildman–Crippen MR) is 135 cm³/mol. The van der Waals surface area contributed by atoms with Crippen LogP contribution in [0.2, 0.25) is 0 Å². The van der Waals surface area contributed by atoms with Crippen LogP contribution in [0.1, 0.15) is 38.7 Å². The standard InChI is InChI=1S/C27H24F2N4O2S/c1-16-32-24(25(36-16)18-6-2-8-19(28)13-18)27(35)33-15-20(29)10-11-21(33)14-31-26(34)22-9-3-5-17-7-4-12-30-23(17)22/h2-9,12-13,20-21H,10-11,14-15H2,1H3,(H,31,34). The maximum absolute atomic E-state index is 14.4. The van der Waals surface area contributed by atoms with Gasteiger partial charge in [-0.25, -0.2) is 13.8 Å². The average molecular weight is 507 g/mol. The Morgan fingerprint density at radius 3 is 2.78 bits per heavy atom. The number of carbonyl (C=O) groups is 2. The second-order valence-electron chi connectivity index (χ2n) is 8.80. The Bertz CT molecular complexity index is 1440. The number of aromatic nitrogens is 2. The van der Waals surface area contributed by atoms with Gasteiger partial charge in [0.2, 0.25) is 0 Å². The molecule has 2 aromatic heterocycles. The zero-order valence-electron chi connectivity index (χ0n) is 19.6. The van der Waals surface area contributed by atoms with Crippen molar-refractivity contribution < 1.29 is 18.4 Å². The van der Waals surface area contributed by atoms with Crippen LogP contribution < -0.4 is 5.32 Å². The van der Waals surface area contributed by atoms with E-state index in [1.54, 1.807) is 43.5 Å². The summed E-state index contributed by atoms with van der Waals surface area (Å²) in [6, 6.07) is 14.7. The zero-order valence-corrected chi connectivity index (χ0v) is 20.4. The van der Waals surface area contributed by atoms with Gasteiger partial charge in [-0.3, -0.25) is 14.6 Å². The first kappa shape index (κ1) is 24.0. The minimum absolute atomic E-state index is 0.0889. The van der Waals surface area contributed by atoms with E-state index in [1.807, 2.05) is 12.1 Å². The number of halogens is 2. The highest BCUT2D eigenvalue weighted by Gasteiger charge is 2.35. The Labute approximate surface area is 211 Å². The van der Waals surface area contributed by atoms with E-state index in [0.717, 1.165) is 5.39 Å². The quantitative estimate of drug-likeness (QED) is 0.405. The van der Waals surface area contributed by atoms with E-state index in [4.69, 9.17) is 0 Å². The van der Waals surface area contributed by atoms with Crippen LogP contribution in [-0.2, 0) is 0 Å². The van der Waals surface area contributed by atoms with E-state index in [2.05, 4.69) is 15.3 Å². The molecular weight excluding hydrogens is 482 g/mol. The minimum atomic E-state index is -1.17. The van der Waals surface area contributed by atoms with Crippen LogP contribution >= 0.6 is 11.3 Å². The lowest BCUT2D eigenvalue weighted by Gasteiger charge is -2.37. The summed E-state index contributed by atoms with van der Waals surface area (Å²) in [5.74, 6) is -1.15. The Kier molecular flexibility index (Phi) is 6.73. The van der Waals surface area contributed by atoms with Crippen molar-refractivity contribution in [2.75, 3.05) is 13.1 Å². The van der Waals surface area contributed by atoms with Crippen LogP contribution in [0.3, 0.4) is 0 Å². The largest absolute Gasteiger partial charge is 0.350 e. The average Bonchev–Trinajstić information content (AvgIpc) is 3.28. The summed E-state index contributed by atoms with van der Waals surface area (Å²) in [7, 11) is 0. The molecule has 9 heteroatoms. The molecule has 1 fully saturated rings. The third kappa shape index (κ3) is 4.83. The molecule has 3 heterocycles. The van der Waals surface area contributed by atoms with Gasteiger partial charge in [-0.1, -0.05) is 30.3 Å². The summed E-state index contributed by atoms with van der Waals surface area (Å²) in [5, 5.41) is 4.41. The van der Waals surface area contributed by atoms with Crippen molar-refractivity contribution in [3.8, 4) is 10.4 Å². The molecule has 2 atom stereocenters. The number of benzene rings is 2. The molecule has 1 N–H and O–H groups in total. The number of nitrogens with zero attached hydrogens (tertiary/aromatic N) is 3. The molecule has 1 saturated heterocycles. The second-order valence-corrected chi connectivity index (χ2v) is 10.0. The summed E-state index contributed by atoms with van der Waals surface area (Å²) < 4.78 is 28.3. The van der Waals surface area contributed by atoms with Crippen LogP contribution in [-0.4, -0.2) is 52.0 Å². The Balaban J connectivity index is 1.38. The van der Waals surface area contributed by atoms with Crippen molar-refractivity contribution in [1.29, 1.82) is 0 Å². The number of likely N-dealkylation sites (tertiary alicyclic amines) is 1. The fourth-order valence-corrected chi connectivity index (χ4v) is 5.48. The number of hydrogen-bond acceptors (Lipinski definition) is 5. The first-order valence-corrected chi connectivity index (χ1v) is 12.5. The molecule has 1 aliphatic heterocycles. The van der Waals surface area contributed by atoms with Gasteiger partial charge in [0.15, 0.2) is 0 Å². The van der Waals surface area contributed by atoms with E-state index in [1.165, 1.54) is 28.4 Å². The molecule has 0 spiro atoms. The summed E-state index contributed by atoms with van der Waals surface area (Å²) in [4.78, 5) is 37.4. The lowest BCUT2D eigenvalue weighted by molar-refractivity contribution is 0.0466. The van der Waals surface area contributed by atoms with Gasteiger partial charge in [0.25, 0.3) is 11.8 Å².